The molecule has 2 rings (SSSR count). The van der Waals surface area contributed by atoms with Crippen molar-refractivity contribution in [2.75, 3.05) is 18.5 Å². The number of nitro benzene ring substituents is 1. The average molecular weight is 393 g/mol. The van der Waals surface area contributed by atoms with E-state index >= 15 is 0 Å². The third-order valence-corrected chi connectivity index (χ3v) is 3.97. The van der Waals surface area contributed by atoms with E-state index in [-0.39, 0.29) is 16.3 Å². The molecular weight excluding hydrogens is 372 g/mol. The van der Waals surface area contributed by atoms with Crippen LogP contribution in [0.25, 0.3) is 0 Å². The van der Waals surface area contributed by atoms with E-state index in [0.717, 1.165) is 6.42 Å². The summed E-state index contributed by atoms with van der Waals surface area (Å²) in [5.41, 5.74) is 1.02. The second-order valence-electron chi connectivity index (χ2n) is 5.78. The number of nitrogens with zero attached hydrogens (tertiary/aromatic N) is 1. The van der Waals surface area contributed by atoms with E-state index in [2.05, 4.69) is 5.32 Å². The molecule has 0 aliphatic rings. The Morgan fingerprint density at radius 3 is 2.59 bits per heavy atom. The molecule has 0 heterocycles. The highest BCUT2D eigenvalue weighted by Gasteiger charge is 2.18. The Bertz CT molecular complexity index is 854. The standard InChI is InChI=1S/C19H21ClN2O5/c1-4-8-27-18-15(20)9-13(10-17(18)26-5-2)19(23)21-14-7-6-12(3)16(11-14)22(24)25/h6-7,9-11H,4-5,8H2,1-3H3,(H,21,23). The second-order valence-corrected chi connectivity index (χ2v) is 6.19. The van der Waals surface area contributed by atoms with Crippen LogP contribution in [0.1, 0.15) is 36.2 Å². The van der Waals surface area contributed by atoms with E-state index in [1.165, 1.54) is 18.2 Å². The lowest BCUT2D eigenvalue weighted by Crippen LogP contribution is -2.13. The number of carbonyl (C=O) groups excluding carboxylic acids is 1. The summed E-state index contributed by atoms with van der Waals surface area (Å²) in [5.74, 6) is 0.305. The SMILES string of the molecule is CCCOc1c(Cl)cc(C(=O)Nc2ccc(C)c([N+](=O)[O-])c2)cc1OCC. The molecule has 0 atom stereocenters. The first-order valence-electron chi connectivity index (χ1n) is 8.52. The minimum atomic E-state index is -0.491. The molecule has 0 bridgehead atoms. The number of nitrogens with one attached hydrogen (secondary N) is 1. The van der Waals surface area contributed by atoms with Crippen LogP contribution in [0.3, 0.4) is 0 Å². The molecule has 0 saturated carbocycles. The van der Waals surface area contributed by atoms with Gasteiger partial charge in [-0.15, -0.1) is 0 Å². The van der Waals surface area contributed by atoms with E-state index in [9.17, 15) is 14.9 Å². The minimum absolute atomic E-state index is 0.0656. The molecule has 0 radical (unpaired) electrons. The third-order valence-electron chi connectivity index (χ3n) is 3.69. The Labute approximate surface area is 162 Å². The first-order chi connectivity index (χ1) is 12.9. The van der Waals surface area contributed by atoms with E-state index in [1.807, 2.05) is 13.8 Å². The minimum Gasteiger partial charge on any atom is -0.490 e. The number of rotatable bonds is 8. The summed E-state index contributed by atoms with van der Waals surface area (Å²) in [6.45, 7) is 6.27. The lowest BCUT2D eigenvalue weighted by molar-refractivity contribution is -0.385. The van der Waals surface area contributed by atoms with Crippen LogP contribution in [-0.4, -0.2) is 24.0 Å². The largest absolute Gasteiger partial charge is 0.490 e. The maximum atomic E-state index is 12.6. The molecule has 0 aromatic heterocycles. The van der Waals surface area contributed by atoms with Crippen LogP contribution in [0.2, 0.25) is 5.02 Å². The fourth-order valence-corrected chi connectivity index (χ4v) is 2.66. The number of nitro groups is 1. The molecule has 0 aliphatic heterocycles. The van der Waals surface area contributed by atoms with Gasteiger partial charge in [0.15, 0.2) is 11.5 Å². The Morgan fingerprint density at radius 2 is 1.96 bits per heavy atom. The maximum Gasteiger partial charge on any atom is 0.274 e. The van der Waals surface area contributed by atoms with Crippen molar-refractivity contribution in [1.82, 2.24) is 0 Å². The van der Waals surface area contributed by atoms with Crippen molar-refractivity contribution in [3.8, 4) is 11.5 Å². The molecule has 2 aromatic carbocycles. The van der Waals surface area contributed by atoms with Crippen LogP contribution in [0.5, 0.6) is 11.5 Å². The predicted molar refractivity (Wildman–Crippen MR) is 104 cm³/mol. The Kier molecular flexibility index (Phi) is 7.01. The number of amides is 1. The van der Waals surface area contributed by atoms with E-state index < -0.39 is 10.8 Å². The zero-order valence-electron chi connectivity index (χ0n) is 15.4. The molecule has 1 N–H and O–H groups in total. The number of benzene rings is 2. The number of halogens is 1. The van der Waals surface area contributed by atoms with Crippen molar-refractivity contribution in [3.63, 3.8) is 0 Å². The van der Waals surface area contributed by atoms with Gasteiger partial charge in [-0.25, -0.2) is 0 Å². The van der Waals surface area contributed by atoms with Crippen LogP contribution in [0, 0.1) is 17.0 Å². The number of aryl methyl sites for hydroxylation is 1. The van der Waals surface area contributed by atoms with Crippen LogP contribution in [0.4, 0.5) is 11.4 Å². The van der Waals surface area contributed by atoms with Crippen LogP contribution >= 0.6 is 11.6 Å². The van der Waals surface area contributed by atoms with Crippen molar-refractivity contribution in [2.45, 2.75) is 27.2 Å². The highest BCUT2D eigenvalue weighted by atomic mass is 35.5. The molecule has 2 aromatic rings. The number of carbonyl (C=O) groups is 1. The van der Waals surface area contributed by atoms with Crippen molar-refractivity contribution in [2.24, 2.45) is 0 Å². The highest BCUT2D eigenvalue weighted by molar-refractivity contribution is 6.32. The Hall–Kier alpha value is -2.80. The molecular formula is C19H21ClN2O5. The van der Waals surface area contributed by atoms with Gasteiger partial charge < -0.3 is 14.8 Å². The summed E-state index contributed by atoms with van der Waals surface area (Å²) in [7, 11) is 0. The normalized spacial score (nSPS) is 10.4. The Morgan fingerprint density at radius 1 is 1.22 bits per heavy atom. The summed E-state index contributed by atoms with van der Waals surface area (Å²) in [6.07, 6.45) is 0.802. The topological polar surface area (TPSA) is 90.7 Å². The molecule has 144 valence electrons. The first-order valence-corrected chi connectivity index (χ1v) is 8.90. The molecule has 7 nitrogen and oxygen atoms in total. The van der Waals surface area contributed by atoms with Gasteiger partial charge in [-0.1, -0.05) is 24.6 Å². The fourth-order valence-electron chi connectivity index (χ4n) is 2.39. The lowest BCUT2D eigenvalue weighted by Gasteiger charge is -2.15. The van der Waals surface area contributed by atoms with Gasteiger partial charge in [-0.3, -0.25) is 14.9 Å². The second kappa shape index (κ2) is 9.23. The van der Waals surface area contributed by atoms with Gasteiger partial charge in [-0.05, 0) is 38.5 Å². The smallest absolute Gasteiger partial charge is 0.274 e. The van der Waals surface area contributed by atoms with Crippen LogP contribution in [-0.2, 0) is 0 Å². The molecule has 8 heteroatoms. The van der Waals surface area contributed by atoms with Crippen LogP contribution in [0.15, 0.2) is 30.3 Å². The fraction of sp³-hybridized carbons (Fsp3) is 0.316. The maximum absolute atomic E-state index is 12.6. The summed E-state index contributed by atoms with van der Waals surface area (Å²) >= 11 is 6.27. The quantitative estimate of drug-likeness (QED) is 0.504. The zero-order chi connectivity index (χ0) is 20.0. The van der Waals surface area contributed by atoms with Gasteiger partial charge >= 0.3 is 0 Å². The molecule has 0 saturated heterocycles. The summed E-state index contributed by atoms with van der Waals surface area (Å²) in [4.78, 5) is 23.1. The van der Waals surface area contributed by atoms with Crippen molar-refractivity contribution >= 4 is 28.9 Å². The van der Waals surface area contributed by atoms with Crippen molar-refractivity contribution < 1.29 is 19.2 Å². The number of hydrogen-bond acceptors (Lipinski definition) is 5. The molecule has 0 fully saturated rings. The van der Waals surface area contributed by atoms with Gasteiger partial charge in [0.25, 0.3) is 11.6 Å². The van der Waals surface area contributed by atoms with E-state index in [0.29, 0.717) is 36.0 Å². The molecule has 0 unspecified atom stereocenters. The van der Waals surface area contributed by atoms with E-state index in [1.54, 1.807) is 19.1 Å². The number of hydrogen-bond donors (Lipinski definition) is 1. The van der Waals surface area contributed by atoms with Gasteiger partial charge in [-0.2, -0.15) is 0 Å². The number of ether oxygens (including phenoxy) is 2. The van der Waals surface area contributed by atoms with Gasteiger partial charge in [0.1, 0.15) is 0 Å². The third kappa shape index (κ3) is 5.10. The lowest BCUT2D eigenvalue weighted by atomic mass is 10.1. The van der Waals surface area contributed by atoms with Gasteiger partial charge in [0.2, 0.25) is 0 Å². The summed E-state index contributed by atoms with van der Waals surface area (Å²) in [6, 6.07) is 7.51. The highest BCUT2D eigenvalue weighted by Crippen LogP contribution is 2.37. The van der Waals surface area contributed by atoms with Crippen molar-refractivity contribution in [1.29, 1.82) is 0 Å². The number of anilines is 1. The van der Waals surface area contributed by atoms with Gasteiger partial charge in [0.05, 0.1) is 23.2 Å². The average Bonchev–Trinajstić information content (AvgIpc) is 2.62. The van der Waals surface area contributed by atoms with E-state index in [4.69, 9.17) is 21.1 Å². The molecule has 0 spiro atoms. The predicted octanol–water partition coefficient (Wildman–Crippen LogP) is 5.00. The Balaban J connectivity index is 2.30. The summed E-state index contributed by atoms with van der Waals surface area (Å²) < 4.78 is 11.2. The van der Waals surface area contributed by atoms with Gasteiger partial charge in [0, 0.05) is 22.9 Å². The monoisotopic (exact) mass is 392 g/mol. The molecule has 27 heavy (non-hydrogen) atoms. The van der Waals surface area contributed by atoms with Crippen LogP contribution < -0.4 is 14.8 Å². The molecule has 1 amide bonds. The molecule has 0 aliphatic carbocycles. The van der Waals surface area contributed by atoms with Crippen molar-refractivity contribution in [3.05, 3.63) is 56.6 Å². The first kappa shape index (κ1) is 20.5. The summed E-state index contributed by atoms with van der Waals surface area (Å²) in [5, 5.41) is 14.0. The zero-order valence-corrected chi connectivity index (χ0v) is 16.1.